The van der Waals surface area contributed by atoms with E-state index in [0.717, 1.165) is 5.56 Å². The van der Waals surface area contributed by atoms with Crippen molar-refractivity contribution in [2.24, 2.45) is 4.99 Å². The van der Waals surface area contributed by atoms with Crippen LogP contribution in [0.3, 0.4) is 0 Å². The minimum Gasteiger partial charge on any atom is -0.463 e. The monoisotopic (exact) mass is 466 g/mol. The number of benzene rings is 1. The number of fused-ring (bicyclic) bond motifs is 1. The van der Waals surface area contributed by atoms with Crippen LogP contribution in [0.15, 0.2) is 76.2 Å². The highest BCUT2D eigenvalue weighted by atomic mass is 32.2. The van der Waals surface area contributed by atoms with Gasteiger partial charge >= 0.3 is 5.97 Å². The fourth-order valence-corrected chi connectivity index (χ4v) is 4.72. The maximum absolute atomic E-state index is 14.1. The van der Waals surface area contributed by atoms with Crippen molar-refractivity contribution in [2.45, 2.75) is 32.9 Å². The summed E-state index contributed by atoms with van der Waals surface area (Å²) in [6.07, 6.45) is 3.42. The average molecular weight is 467 g/mol. The van der Waals surface area contributed by atoms with E-state index in [1.165, 1.54) is 23.9 Å². The highest BCUT2D eigenvalue weighted by Gasteiger charge is 2.41. The number of halogens is 1. The van der Waals surface area contributed by atoms with Gasteiger partial charge in [-0.1, -0.05) is 23.9 Å². The zero-order valence-corrected chi connectivity index (χ0v) is 19.1. The second-order valence-corrected chi connectivity index (χ2v) is 8.31. The van der Waals surface area contributed by atoms with Gasteiger partial charge in [-0.3, -0.25) is 9.78 Å². The lowest BCUT2D eigenvalue weighted by atomic mass is 9.93. The number of thioether (sulfide) groups is 1. The molecular formula is C24H23FN4O3S. The number of hydrogen-bond donors (Lipinski definition) is 1. The van der Waals surface area contributed by atoms with Gasteiger partial charge in [-0.05, 0) is 54.6 Å². The lowest BCUT2D eigenvalue weighted by molar-refractivity contribution is -0.139. The Morgan fingerprint density at radius 1 is 1.24 bits per heavy atom. The Bertz CT molecular complexity index is 1160. The minimum absolute atomic E-state index is 0.0814. The molecule has 4 rings (SSSR count). The van der Waals surface area contributed by atoms with E-state index in [4.69, 9.17) is 4.74 Å². The van der Waals surface area contributed by atoms with Crippen LogP contribution in [0, 0.1) is 5.82 Å². The predicted molar refractivity (Wildman–Crippen MR) is 124 cm³/mol. The third-order valence-corrected chi connectivity index (χ3v) is 6.13. The fraction of sp³-hybridized carbons (Fsp3) is 0.250. The molecule has 0 spiro atoms. The van der Waals surface area contributed by atoms with Gasteiger partial charge in [-0.2, -0.15) is 0 Å². The molecule has 9 heteroatoms. The smallest absolute Gasteiger partial charge is 0.338 e. The van der Waals surface area contributed by atoms with Crippen LogP contribution in [0.5, 0.6) is 0 Å². The largest absolute Gasteiger partial charge is 0.463 e. The minimum atomic E-state index is -0.651. The molecule has 1 unspecified atom stereocenters. The lowest BCUT2D eigenvalue weighted by Gasteiger charge is -2.36. The number of hydrogen-bond acceptors (Lipinski definition) is 7. The van der Waals surface area contributed by atoms with Crippen molar-refractivity contribution in [1.82, 2.24) is 15.2 Å². The lowest BCUT2D eigenvalue weighted by Crippen LogP contribution is -2.38. The summed E-state index contributed by atoms with van der Waals surface area (Å²) in [7, 11) is 0. The molecule has 7 nitrogen and oxygen atoms in total. The highest BCUT2D eigenvalue weighted by molar-refractivity contribution is 8.16. The molecule has 2 aliphatic rings. The Kier molecular flexibility index (Phi) is 6.88. The van der Waals surface area contributed by atoms with Crippen LogP contribution in [-0.2, 0) is 20.9 Å². The zero-order chi connectivity index (χ0) is 23.4. The maximum atomic E-state index is 14.1. The zero-order valence-electron chi connectivity index (χ0n) is 18.2. The number of nitrogens with zero attached hydrogens (tertiary/aromatic N) is 3. The molecule has 0 saturated carbocycles. The van der Waals surface area contributed by atoms with Crippen molar-refractivity contribution in [3.63, 3.8) is 0 Å². The van der Waals surface area contributed by atoms with Gasteiger partial charge in [0.2, 0.25) is 5.91 Å². The fourth-order valence-electron chi connectivity index (χ4n) is 3.76. The number of aliphatic imine (C=N–C) groups is 1. The first-order chi connectivity index (χ1) is 16.0. The number of rotatable bonds is 7. The number of esters is 1. The van der Waals surface area contributed by atoms with E-state index < -0.39 is 17.8 Å². The van der Waals surface area contributed by atoms with Crippen LogP contribution in [0.25, 0.3) is 0 Å². The van der Waals surface area contributed by atoms with Crippen molar-refractivity contribution < 1.29 is 18.7 Å². The molecule has 170 valence electrons. The molecule has 33 heavy (non-hydrogen) atoms. The van der Waals surface area contributed by atoms with E-state index in [1.54, 1.807) is 38.4 Å². The summed E-state index contributed by atoms with van der Waals surface area (Å²) in [5.41, 5.74) is 3.04. The summed E-state index contributed by atoms with van der Waals surface area (Å²) in [5, 5.41) is 5.38. The number of amides is 1. The first-order valence-electron chi connectivity index (χ1n) is 10.5. The number of aromatic nitrogens is 1. The van der Waals surface area contributed by atoms with Crippen LogP contribution in [0.2, 0.25) is 0 Å². The van der Waals surface area contributed by atoms with Gasteiger partial charge < -0.3 is 15.0 Å². The molecule has 2 aliphatic heterocycles. The topological polar surface area (TPSA) is 83.9 Å². The van der Waals surface area contributed by atoms with E-state index in [9.17, 15) is 14.0 Å². The van der Waals surface area contributed by atoms with Crippen LogP contribution >= 0.6 is 11.8 Å². The van der Waals surface area contributed by atoms with E-state index in [1.807, 2.05) is 22.4 Å². The van der Waals surface area contributed by atoms with Gasteiger partial charge in [0.1, 0.15) is 5.82 Å². The van der Waals surface area contributed by atoms with Gasteiger partial charge in [0.15, 0.2) is 5.17 Å². The first kappa shape index (κ1) is 22.7. The average Bonchev–Trinajstić information content (AvgIpc) is 3.19. The molecule has 3 heterocycles. The Labute approximate surface area is 195 Å². The second kappa shape index (κ2) is 9.99. The van der Waals surface area contributed by atoms with Crippen molar-refractivity contribution in [1.29, 1.82) is 0 Å². The number of nitrogens with one attached hydrogen (secondary N) is 1. The summed E-state index contributed by atoms with van der Waals surface area (Å²) in [6.45, 7) is 4.05. The molecule has 1 atom stereocenters. The second-order valence-electron chi connectivity index (χ2n) is 7.48. The molecule has 1 amide bonds. The highest BCUT2D eigenvalue weighted by Crippen LogP contribution is 2.44. The SMILES string of the molecule is CCOC(=O)C1=C(C)N=C2SC=C(CC(=O)NCc3ccncc3)N2C1c1cccc(F)c1. The maximum Gasteiger partial charge on any atom is 0.338 e. The Balaban J connectivity index is 1.61. The van der Waals surface area contributed by atoms with Crippen molar-refractivity contribution in [3.05, 3.63) is 88.1 Å². The van der Waals surface area contributed by atoms with E-state index in [0.29, 0.717) is 34.2 Å². The number of pyridine rings is 1. The Morgan fingerprint density at radius 3 is 2.76 bits per heavy atom. The summed E-state index contributed by atoms with van der Waals surface area (Å²) in [4.78, 5) is 36.0. The summed E-state index contributed by atoms with van der Waals surface area (Å²) >= 11 is 1.37. The molecular weight excluding hydrogens is 443 g/mol. The van der Waals surface area contributed by atoms with Crippen LogP contribution in [-0.4, -0.2) is 33.5 Å². The predicted octanol–water partition coefficient (Wildman–Crippen LogP) is 4.07. The summed E-state index contributed by atoms with van der Waals surface area (Å²) in [6, 6.07) is 9.12. The third-order valence-electron chi connectivity index (χ3n) is 5.24. The van der Waals surface area contributed by atoms with Crippen LogP contribution in [0.4, 0.5) is 4.39 Å². The first-order valence-corrected chi connectivity index (χ1v) is 11.4. The molecule has 0 fully saturated rings. The van der Waals surface area contributed by atoms with Gasteiger partial charge in [0.25, 0.3) is 0 Å². The van der Waals surface area contributed by atoms with Crippen LogP contribution < -0.4 is 5.32 Å². The van der Waals surface area contributed by atoms with E-state index in [-0.39, 0.29) is 18.9 Å². The molecule has 0 radical (unpaired) electrons. The van der Waals surface area contributed by atoms with Gasteiger partial charge in [0.05, 0.1) is 30.3 Å². The van der Waals surface area contributed by atoms with Crippen molar-refractivity contribution >= 4 is 28.8 Å². The molecule has 0 bridgehead atoms. The van der Waals surface area contributed by atoms with E-state index in [2.05, 4.69) is 15.3 Å². The summed E-state index contributed by atoms with van der Waals surface area (Å²) in [5.74, 6) is -1.10. The number of allylic oxidation sites excluding steroid dienone is 1. The number of carbonyl (C=O) groups is 2. The molecule has 2 aromatic rings. The number of amidine groups is 1. The van der Waals surface area contributed by atoms with Gasteiger partial charge in [0, 0.05) is 24.6 Å². The Hall–Kier alpha value is -3.46. The van der Waals surface area contributed by atoms with Crippen LogP contribution in [0.1, 0.15) is 37.4 Å². The molecule has 1 N–H and O–H groups in total. The van der Waals surface area contributed by atoms with Gasteiger partial charge in [-0.15, -0.1) is 0 Å². The number of carbonyl (C=O) groups excluding carboxylic acids is 2. The van der Waals surface area contributed by atoms with E-state index >= 15 is 0 Å². The van der Waals surface area contributed by atoms with Gasteiger partial charge in [-0.25, -0.2) is 14.2 Å². The molecule has 0 saturated heterocycles. The number of ether oxygens (including phenoxy) is 1. The quantitative estimate of drug-likeness (QED) is 0.620. The Morgan fingerprint density at radius 2 is 2.03 bits per heavy atom. The van der Waals surface area contributed by atoms with Crippen molar-refractivity contribution in [3.8, 4) is 0 Å². The van der Waals surface area contributed by atoms with Crippen molar-refractivity contribution in [2.75, 3.05) is 6.61 Å². The molecule has 1 aromatic carbocycles. The third kappa shape index (κ3) is 4.98. The summed E-state index contributed by atoms with van der Waals surface area (Å²) < 4.78 is 19.4. The molecule has 0 aliphatic carbocycles. The molecule has 1 aromatic heterocycles. The normalized spacial score (nSPS) is 17.3. The standard InChI is InChI=1S/C24H23FN4O3S/c1-3-32-23(31)21-15(2)28-24-29(22(21)17-5-4-6-18(25)11-17)19(14-33-24)12-20(30)27-13-16-7-9-26-10-8-16/h4-11,14,22H,3,12-13H2,1-2H3,(H,27,30).